The lowest BCUT2D eigenvalue weighted by Crippen LogP contribution is -2.15. The number of nitrogens with zero attached hydrogens (tertiary/aromatic N) is 1. The summed E-state index contributed by atoms with van der Waals surface area (Å²) in [6.45, 7) is 1.37. The molecule has 1 aromatic rings. The van der Waals surface area contributed by atoms with E-state index in [4.69, 9.17) is 11.0 Å². The van der Waals surface area contributed by atoms with E-state index in [9.17, 15) is 4.79 Å². The molecule has 4 heteroatoms. The van der Waals surface area contributed by atoms with Crippen molar-refractivity contribution in [2.75, 3.05) is 6.54 Å². The summed E-state index contributed by atoms with van der Waals surface area (Å²) < 4.78 is 0. The number of hydrogen-bond acceptors (Lipinski definition) is 3. The Labute approximate surface area is 88.7 Å². The van der Waals surface area contributed by atoms with Gasteiger partial charge in [-0.15, -0.1) is 0 Å². The van der Waals surface area contributed by atoms with E-state index in [1.54, 1.807) is 12.1 Å². The Morgan fingerprint density at radius 2 is 2.07 bits per heavy atom. The van der Waals surface area contributed by atoms with Crippen LogP contribution >= 0.6 is 0 Å². The number of benzene rings is 1. The summed E-state index contributed by atoms with van der Waals surface area (Å²) in [4.78, 5) is 10.8. The number of nitriles is 1. The highest BCUT2D eigenvalue weighted by molar-refractivity contribution is 5.92. The van der Waals surface area contributed by atoms with E-state index in [-0.39, 0.29) is 0 Å². The van der Waals surface area contributed by atoms with Gasteiger partial charge in [0.1, 0.15) is 0 Å². The van der Waals surface area contributed by atoms with Crippen LogP contribution < -0.4 is 11.1 Å². The van der Waals surface area contributed by atoms with E-state index in [0.717, 1.165) is 5.56 Å². The second-order valence-corrected chi connectivity index (χ2v) is 3.15. The van der Waals surface area contributed by atoms with E-state index in [1.807, 2.05) is 12.1 Å². The Morgan fingerprint density at radius 1 is 1.40 bits per heavy atom. The minimum atomic E-state index is -0.418. The number of carbonyl (C=O) groups excluding carboxylic acids is 1. The van der Waals surface area contributed by atoms with Gasteiger partial charge < -0.3 is 11.1 Å². The molecule has 0 atom stereocenters. The number of rotatable bonds is 5. The summed E-state index contributed by atoms with van der Waals surface area (Å²) in [7, 11) is 0. The molecule has 0 saturated carbocycles. The molecule has 0 aromatic heterocycles. The smallest absolute Gasteiger partial charge is 0.248 e. The molecule has 15 heavy (non-hydrogen) atoms. The molecule has 0 bridgehead atoms. The first-order chi connectivity index (χ1) is 7.24. The summed E-state index contributed by atoms with van der Waals surface area (Å²) in [5, 5.41) is 11.4. The number of nitrogens with one attached hydrogen (secondary N) is 1. The average Bonchev–Trinajstić information content (AvgIpc) is 2.25. The maximum atomic E-state index is 10.8. The second-order valence-electron chi connectivity index (χ2n) is 3.15. The van der Waals surface area contributed by atoms with Gasteiger partial charge in [0.25, 0.3) is 0 Å². The van der Waals surface area contributed by atoms with Gasteiger partial charge in [-0.2, -0.15) is 5.26 Å². The van der Waals surface area contributed by atoms with Crippen LogP contribution in [0.15, 0.2) is 24.3 Å². The van der Waals surface area contributed by atoms with E-state index >= 15 is 0 Å². The second kappa shape index (κ2) is 5.78. The lowest BCUT2D eigenvalue weighted by Gasteiger charge is -2.02. The van der Waals surface area contributed by atoms with Crippen LogP contribution in [0.4, 0.5) is 0 Å². The molecule has 1 aromatic carbocycles. The maximum absolute atomic E-state index is 10.8. The van der Waals surface area contributed by atoms with Crippen molar-refractivity contribution < 1.29 is 4.79 Å². The van der Waals surface area contributed by atoms with Crippen LogP contribution in [0.5, 0.6) is 0 Å². The Bertz CT molecular complexity index is 364. The summed E-state index contributed by atoms with van der Waals surface area (Å²) >= 11 is 0. The molecular formula is C11H13N3O. The monoisotopic (exact) mass is 203 g/mol. The average molecular weight is 203 g/mol. The van der Waals surface area contributed by atoms with Crippen molar-refractivity contribution in [3.05, 3.63) is 35.4 Å². The SMILES string of the molecule is N#CCCNCc1ccc(C(N)=O)cc1. The molecule has 0 aliphatic carbocycles. The molecular weight excluding hydrogens is 190 g/mol. The molecule has 4 nitrogen and oxygen atoms in total. The predicted octanol–water partition coefficient (Wildman–Crippen LogP) is 0.789. The van der Waals surface area contributed by atoms with Gasteiger partial charge in [-0.05, 0) is 17.7 Å². The lowest BCUT2D eigenvalue weighted by atomic mass is 10.1. The van der Waals surface area contributed by atoms with E-state index < -0.39 is 5.91 Å². The number of hydrogen-bond donors (Lipinski definition) is 2. The van der Waals surface area contributed by atoms with Gasteiger partial charge in [-0.1, -0.05) is 12.1 Å². The maximum Gasteiger partial charge on any atom is 0.248 e. The minimum absolute atomic E-state index is 0.418. The Kier molecular flexibility index (Phi) is 4.32. The van der Waals surface area contributed by atoms with Crippen LogP contribution in [0.25, 0.3) is 0 Å². The third kappa shape index (κ3) is 3.79. The molecule has 78 valence electrons. The van der Waals surface area contributed by atoms with Crippen molar-refractivity contribution in [3.8, 4) is 6.07 Å². The number of nitrogens with two attached hydrogens (primary N) is 1. The van der Waals surface area contributed by atoms with Crippen molar-refractivity contribution in [1.29, 1.82) is 5.26 Å². The third-order valence-corrected chi connectivity index (χ3v) is 1.98. The molecule has 0 spiro atoms. The fourth-order valence-electron chi connectivity index (χ4n) is 1.16. The van der Waals surface area contributed by atoms with Gasteiger partial charge in [-0.3, -0.25) is 4.79 Å². The van der Waals surface area contributed by atoms with Crippen molar-refractivity contribution in [3.63, 3.8) is 0 Å². The number of primary amides is 1. The lowest BCUT2D eigenvalue weighted by molar-refractivity contribution is 0.100. The van der Waals surface area contributed by atoms with Gasteiger partial charge in [-0.25, -0.2) is 0 Å². The fourth-order valence-corrected chi connectivity index (χ4v) is 1.16. The Balaban J connectivity index is 2.43. The van der Waals surface area contributed by atoms with E-state index in [2.05, 4.69) is 11.4 Å². The molecule has 0 heterocycles. The van der Waals surface area contributed by atoms with Crippen molar-refractivity contribution in [2.45, 2.75) is 13.0 Å². The highest BCUT2D eigenvalue weighted by Gasteiger charge is 1.98. The quantitative estimate of drug-likeness (QED) is 0.694. The van der Waals surface area contributed by atoms with Crippen molar-refractivity contribution >= 4 is 5.91 Å². The third-order valence-electron chi connectivity index (χ3n) is 1.98. The molecule has 3 N–H and O–H groups in total. The summed E-state index contributed by atoms with van der Waals surface area (Å²) in [6, 6.07) is 9.14. The first kappa shape index (κ1) is 11.2. The van der Waals surface area contributed by atoms with E-state index in [0.29, 0.717) is 25.1 Å². The van der Waals surface area contributed by atoms with Crippen LogP contribution in [0.3, 0.4) is 0 Å². The normalized spacial score (nSPS) is 9.53. The number of amides is 1. The topological polar surface area (TPSA) is 78.9 Å². The summed E-state index contributed by atoms with van der Waals surface area (Å²) in [5.41, 5.74) is 6.69. The van der Waals surface area contributed by atoms with Crippen LogP contribution in [0.1, 0.15) is 22.3 Å². The molecule has 1 amide bonds. The molecule has 0 saturated heterocycles. The molecule has 0 aliphatic heterocycles. The molecule has 0 fully saturated rings. The first-order valence-corrected chi connectivity index (χ1v) is 4.70. The molecule has 0 aliphatic rings. The van der Waals surface area contributed by atoms with Crippen LogP contribution in [-0.4, -0.2) is 12.5 Å². The minimum Gasteiger partial charge on any atom is -0.366 e. The van der Waals surface area contributed by atoms with Gasteiger partial charge in [0, 0.05) is 25.1 Å². The van der Waals surface area contributed by atoms with E-state index in [1.165, 1.54) is 0 Å². The van der Waals surface area contributed by atoms with Crippen molar-refractivity contribution in [1.82, 2.24) is 5.32 Å². The highest BCUT2D eigenvalue weighted by atomic mass is 16.1. The fraction of sp³-hybridized carbons (Fsp3) is 0.273. The Morgan fingerprint density at radius 3 is 2.60 bits per heavy atom. The highest BCUT2D eigenvalue weighted by Crippen LogP contribution is 2.03. The molecule has 0 unspecified atom stereocenters. The predicted molar refractivity (Wildman–Crippen MR) is 56.9 cm³/mol. The van der Waals surface area contributed by atoms with Crippen LogP contribution in [-0.2, 0) is 6.54 Å². The van der Waals surface area contributed by atoms with Gasteiger partial charge in [0.05, 0.1) is 6.07 Å². The molecule has 0 radical (unpaired) electrons. The zero-order valence-corrected chi connectivity index (χ0v) is 8.36. The summed E-state index contributed by atoms with van der Waals surface area (Å²) in [5.74, 6) is -0.418. The van der Waals surface area contributed by atoms with Crippen LogP contribution in [0, 0.1) is 11.3 Å². The largest absolute Gasteiger partial charge is 0.366 e. The standard InChI is InChI=1S/C11H13N3O/c12-6-1-7-14-8-9-2-4-10(5-3-9)11(13)15/h2-5,14H,1,7-8H2,(H2,13,15). The zero-order chi connectivity index (χ0) is 11.1. The van der Waals surface area contributed by atoms with Crippen molar-refractivity contribution in [2.24, 2.45) is 5.73 Å². The first-order valence-electron chi connectivity index (χ1n) is 4.70. The Hall–Kier alpha value is -1.86. The van der Waals surface area contributed by atoms with Gasteiger partial charge >= 0.3 is 0 Å². The van der Waals surface area contributed by atoms with Crippen LogP contribution in [0.2, 0.25) is 0 Å². The van der Waals surface area contributed by atoms with Gasteiger partial charge in [0.2, 0.25) is 5.91 Å². The van der Waals surface area contributed by atoms with Gasteiger partial charge in [0.15, 0.2) is 0 Å². The number of carbonyl (C=O) groups is 1. The zero-order valence-electron chi connectivity index (χ0n) is 8.36. The molecule has 1 rings (SSSR count). The summed E-state index contributed by atoms with van der Waals surface area (Å²) in [6.07, 6.45) is 0.499.